The minimum atomic E-state index is 0.578. The van der Waals surface area contributed by atoms with Crippen LogP contribution in [-0.4, -0.2) is 25.5 Å². The highest BCUT2D eigenvalue weighted by molar-refractivity contribution is 5.48. The number of benzene rings is 1. The summed E-state index contributed by atoms with van der Waals surface area (Å²) in [5.74, 6) is 0.823. The highest BCUT2D eigenvalue weighted by atomic mass is 16.5. The second-order valence-corrected chi connectivity index (χ2v) is 3.34. The van der Waals surface area contributed by atoms with Gasteiger partial charge in [-0.15, -0.1) is 0 Å². The summed E-state index contributed by atoms with van der Waals surface area (Å²) in [5.41, 5.74) is 2.20. The third-order valence-corrected chi connectivity index (χ3v) is 2.04. The number of hydrogen-bond donors (Lipinski definition) is 0. The quantitative estimate of drug-likeness (QED) is 0.680. The molecule has 0 aliphatic rings. The van der Waals surface area contributed by atoms with Gasteiger partial charge in [-0.25, -0.2) is 0 Å². The molecule has 1 rings (SSSR count). The molecule has 3 nitrogen and oxygen atoms in total. The van der Waals surface area contributed by atoms with E-state index in [-0.39, 0.29) is 0 Å². The van der Waals surface area contributed by atoms with Gasteiger partial charge in [0.1, 0.15) is 5.75 Å². The van der Waals surface area contributed by atoms with Gasteiger partial charge < -0.3 is 9.64 Å². The van der Waals surface area contributed by atoms with Gasteiger partial charge in [0, 0.05) is 19.2 Å². The number of methoxy groups -OCH3 is 1. The van der Waals surface area contributed by atoms with E-state index in [1.807, 2.05) is 25.1 Å². The van der Waals surface area contributed by atoms with Crippen molar-refractivity contribution in [3.63, 3.8) is 0 Å². The lowest BCUT2D eigenvalue weighted by atomic mass is 10.1. The predicted octanol–water partition coefficient (Wildman–Crippen LogP) is 1.59. The van der Waals surface area contributed by atoms with Crippen LogP contribution in [0.4, 0.5) is 0 Å². The summed E-state index contributed by atoms with van der Waals surface area (Å²) in [4.78, 5) is 12.1. The molecule has 0 spiro atoms. The van der Waals surface area contributed by atoms with Crippen molar-refractivity contribution in [1.29, 1.82) is 0 Å². The van der Waals surface area contributed by atoms with Gasteiger partial charge in [-0.1, -0.05) is 17.7 Å². The Labute approximate surface area is 84.3 Å². The third kappa shape index (κ3) is 2.49. The Morgan fingerprint density at radius 2 is 2.21 bits per heavy atom. The Balaban J connectivity index is 2.92. The zero-order valence-electron chi connectivity index (χ0n) is 8.78. The van der Waals surface area contributed by atoms with Crippen molar-refractivity contribution in [3.05, 3.63) is 29.3 Å². The fourth-order valence-electron chi connectivity index (χ4n) is 1.34. The van der Waals surface area contributed by atoms with E-state index < -0.39 is 0 Å². The van der Waals surface area contributed by atoms with E-state index in [0.29, 0.717) is 6.54 Å². The summed E-state index contributed by atoms with van der Waals surface area (Å²) in [7, 11) is 3.38. The molecule has 0 unspecified atom stereocenters. The number of carbonyl (C=O) groups excluding carboxylic acids is 1. The number of carbonyl (C=O) groups is 1. The van der Waals surface area contributed by atoms with Crippen LogP contribution in [-0.2, 0) is 11.3 Å². The monoisotopic (exact) mass is 193 g/mol. The second-order valence-electron chi connectivity index (χ2n) is 3.34. The lowest BCUT2D eigenvalue weighted by Crippen LogP contribution is -2.15. The molecule has 1 aromatic rings. The van der Waals surface area contributed by atoms with E-state index in [0.717, 1.165) is 17.7 Å². The highest BCUT2D eigenvalue weighted by Crippen LogP contribution is 2.20. The SMILES string of the molecule is COc1ccc(C)cc1CN(C)C=O. The molecule has 3 heteroatoms. The van der Waals surface area contributed by atoms with E-state index in [4.69, 9.17) is 4.74 Å². The van der Waals surface area contributed by atoms with Crippen LogP contribution in [0.1, 0.15) is 11.1 Å². The molecule has 1 amide bonds. The van der Waals surface area contributed by atoms with Crippen molar-refractivity contribution >= 4 is 6.41 Å². The van der Waals surface area contributed by atoms with Crippen LogP contribution >= 0.6 is 0 Å². The van der Waals surface area contributed by atoms with Crippen LogP contribution in [0.3, 0.4) is 0 Å². The molecular formula is C11H15NO2. The molecule has 0 aliphatic carbocycles. The van der Waals surface area contributed by atoms with Gasteiger partial charge >= 0.3 is 0 Å². The second kappa shape index (κ2) is 4.65. The van der Waals surface area contributed by atoms with Crippen molar-refractivity contribution in [2.45, 2.75) is 13.5 Å². The molecule has 0 fully saturated rings. The van der Waals surface area contributed by atoms with Gasteiger partial charge in [-0.3, -0.25) is 4.79 Å². The first kappa shape index (κ1) is 10.6. The number of nitrogens with zero attached hydrogens (tertiary/aromatic N) is 1. The first-order chi connectivity index (χ1) is 6.67. The van der Waals surface area contributed by atoms with Crippen LogP contribution in [0, 0.1) is 6.92 Å². The summed E-state index contributed by atoms with van der Waals surface area (Å²) in [6.45, 7) is 2.60. The Morgan fingerprint density at radius 1 is 1.50 bits per heavy atom. The van der Waals surface area contributed by atoms with Gasteiger partial charge in [0.15, 0.2) is 0 Å². The third-order valence-electron chi connectivity index (χ3n) is 2.04. The average molecular weight is 193 g/mol. The van der Waals surface area contributed by atoms with Gasteiger partial charge in [-0.05, 0) is 13.0 Å². The molecule has 1 aromatic carbocycles. The molecule has 0 bridgehead atoms. The fraction of sp³-hybridized carbons (Fsp3) is 0.364. The molecule has 0 saturated heterocycles. The van der Waals surface area contributed by atoms with Crippen molar-refractivity contribution in [3.8, 4) is 5.75 Å². The molecular weight excluding hydrogens is 178 g/mol. The van der Waals surface area contributed by atoms with Crippen molar-refractivity contribution < 1.29 is 9.53 Å². The Hall–Kier alpha value is -1.51. The Morgan fingerprint density at radius 3 is 2.79 bits per heavy atom. The predicted molar refractivity (Wildman–Crippen MR) is 55.3 cm³/mol. The van der Waals surface area contributed by atoms with Crippen LogP contribution in [0.2, 0.25) is 0 Å². The summed E-state index contributed by atoms with van der Waals surface area (Å²) < 4.78 is 5.20. The Bertz CT molecular complexity index is 323. The fourth-order valence-corrected chi connectivity index (χ4v) is 1.34. The minimum absolute atomic E-state index is 0.578. The minimum Gasteiger partial charge on any atom is -0.496 e. The van der Waals surface area contributed by atoms with Crippen LogP contribution < -0.4 is 4.74 Å². The first-order valence-electron chi connectivity index (χ1n) is 4.46. The first-order valence-corrected chi connectivity index (χ1v) is 4.46. The van der Waals surface area contributed by atoms with Gasteiger partial charge in [-0.2, -0.15) is 0 Å². The molecule has 76 valence electrons. The summed E-state index contributed by atoms with van der Waals surface area (Å²) in [6, 6.07) is 5.94. The summed E-state index contributed by atoms with van der Waals surface area (Å²) in [5, 5.41) is 0. The largest absolute Gasteiger partial charge is 0.496 e. The molecule has 0 saturated carbocycles. The van der Waals surface area contributed by atoms with E-state index in [1.165, 1.54) is 5.56 Å². The standard InChI is InChI=1S/C11H15NO2/c1-9-4-5-11(14-3)10(6-9)7-12(2)8-13/h4-6,8H,7H2,1-3H3. The number of aryl methyl sites for hydroxylation is 1. The molecule has 0 N–H and O–H groups in total. The van der Waals surface area contributed by atoms with Gasteiger partial charge in [0.05, 0.1) is 7.11 Å². The van der Waals surface area contributed by atoms with Crippen molar-refractivity contribution in [2.75, 3.05) is 14.2 Å². The number of amides is 1. The lowest BCUT2D eigenvalue weighted by molar-refractivity contribution is -0.117. The topological polar surface area (TPSA) is 29.5 Å². The molecule has 0 aliphatic heterocycles. The normalized spacial score (nSPS) is 9.64. The summed E-state index contributed by atoms with van der Waals surface area (Å²) >= 11 is 0. The lowest BCUT2D eigenvalue weighted by Gasteiger charge is -2.14. The molecule has 0 aromatic heterocycles. The van der Waals surface area contributed by atoms with E-state index in [9.17, 15) is 4.79 Å². The van der Waals surface area contributed by atoms with Crippen LogP contribution in [0.15, 0.2) is 18.2 Å². The van der Waals surface area contributed by atoms with Gasteiger partial charge in [0.25, 0.3) is 0 Å². The molecule has 14 heavy (non-hydrogen) atoms. The van der Waals surface area contributed by atoms with E-state index in [1.54, 1.807) is 19.1 Å². The van der Waals surface area contributed by atoms with E-state index >= 15 is 0 Å². The van der Waals surface area contributed by atoms with Crippen molar-refractivity contribution in [1.82, 2.24) is 4.90 Å². The number of hydrogen-bond acceptors (Lipinski definition) is 2. The molecule has 0 heterocycles. The molecule has 0 radical (unpaired) electrons. The number of ether oxygens (including phenoxy) is 1. The molecule has 0 atom stereocenters. The average Bonchev–Trinajstić information content (AvgIpc) is 2.18. The number of rotatable bonds is 4. The van der Waals surface area contributed by atoms with Crippen molar-refractivity contribution in [2.24, 2.45) is 0 Å². The maximum atomic E-state index is 10.5. The zero-order chi connectivity index (χ0) is 10.6. The van der Waals surface area contributed by atoms with Crippen LogP contribution in [0.25, 0.3) is 0 Å². The Kier molecular flexibility index (Phi) is 3.51. The van der Waals surface area contributed by atoms with E-state index in [2.05, 4.69) is 0 Å². The highest BCUT2D eigenvalue weighted by Gasteiger charge is 2.04. The smallest absolute Gasteiger partial charge is 0.209 e. The zero-order valence-corrected chi connectivity index (χ0v) is 8.78. The van der Waals surface area contributed by atoms with Gasteiger partial charge in [0.2, 0.25) is 6.41 Å². The van der Waals surface area contributed by atoms with Crippen LogP contribution in [0.5, 0.6) is 5.75 Å². The maximum Gasteiger partial charge on any atom is 0.209 e. The maximum absolute atomic E-state index is 10.5. The summed E-state index contributed by atoms with van der Waals surface area (Å²) in [6.07, 6.45) is 0.807.